The van der Waals surface area contributed by atoms with E-state index in [4.69, 9.17) is 9.26 Å². The van der Waals surface area contributed by atoms with E-state index in [0.717, 1.165) is 30.7 Å². The summed E-state index contributed by atoms with van der Waals surface area (Å²) in [5.41, 5.74) is 1.12. The molecule has 0 aromatic carbocycles. The summed E-state index contributed by atoms with van der Waals surface area (Å²) >= 11 is 1.38. The molecule has 150 valence electrons. The highest BCUT2D eigenvalue weighted by molar-refractivity contribution is 7.98. The molecule has 3 rings (SSSR count). The zero-order chi connectivity index (χ0) is 20.1. The molecule has 7 nitrogen and oxygen atoms in total. The van der Waals surface area contributed by atoms with Crippen LogP contribution in [0.3, 0.4) is 0 Å². The summed E-state index contributed by atoms with van der Waals surface area (Å²) in [5, 5.41) is 4.48. The van der Waals surface area contributed by atoms with Gasteiger partial charge in [-0.1, -0.05) is 16.9 Å². The summed E-state index contributed by atoms with van der Waals surface area (Å²) < 4.78 is 10.4. The van der Waals surface area contributed by atoms with Crippen LogP contribution in [0.15, 0.2) is 33.9 Å². The first-order chi connectivity index (χ1) is 13.5. The van der Waals surface area contributed by atoms with Crippen LogP contribution in [0.25, 0.3) is 0 Å². The average Bonchev–Trinajstić information content (AvgIpc) is 3.10. The molecule has 1 saturated heterocycles. The van der Waals surface area contributed by atoms with Crippen LogP contribution in [0, 0.1) is 6.92 Å². The van der Waals surface area contributed by atoms with Gasteiger partial charge in [-0.15, -0.1) is 0 Å². The second kappa shape index (κ2) is 9.23. The summed E-state index contributed by atoms with van der Waals surface area (Å²) in [6.45, 7) is 5.65. The van der Waals surface area contributed by atoms with Crippen molar-refractivity contribution in [2.75, 3.05) is 6.61 Å². The molecule has 0 N–H and O–H groups in total. The number of rotatable bonds is 6. The maximum atomic E-state index is 12.6. The van der Waals surface area contributed by atoms with E-state index in [9.17, 15) is 9.59 Å². The van der Waals surface area contributed by atoms with Crippen molar-refractivity contribution in [1.82, 2.24) is 15.0 Å². The molecular formula is C20H25N3O4S. The average molecular weight is 404 g/mol. The second-order valence-electron chi connectivity index (χ2n) is 7.08. The van der Waals surface area contributed by atoms with Crippen LogP contribution in [-0.2, 0) is 15.3 Å². The molecule has 0 saturated carbocycles. The number of carbonyl (C=O) groups excluding carboxylic acids is 2. The van der Waals surface area contributed by atoms with Gasteiger partial charge in [-0.25, -0.2) is 9.78 Å². The van der Waals surface area contributed by atoms with Crippen LogP contribution in [-0.4, -0.2) is 45.6 Å². The summed E-state index contributed by atoms with van der Waals surface area (Å²) in [5.74, 6) is 0.564. The minimum atomic E-state index is -0.544. The quantitative estimate of drug-likeness (QED) is 0.538. The summed E-state index contributed by atoms with van der Waals surface area (Å²) in [6.07, 6.45) is 4.70. The van der Waals surface area contributed by atoms with Gasteiger partial charge < -0.3 is 14.2 Å². The highest BCUT2D eigenvalue weighted by Crippen LogP contribution is 2.25. The van der Waals surface area contributed by atoms with E-state index < -0.39 is 5.97 Å². The van der Waals surface area contributed by atoms with E-state index in [1.54, 1.807) is 18.3 Å². The summed E-state index contributed by atoms with van der Waals surface area (Å²) in [4.78, 5) is 31.2. The van der Waals surface area contributed by atoms with Gasteiger partial charge in [-0.2, -0.15) is 0 Å². The lowest BCUT2D eigenvalue weighted by Crippen LogP contribution is -2.49. The largest absolute Gasteiger partial charge is 0.452 e. The van der Waals surface area contributed by atoms with Crippen molar-refractivity contribution in [2.24, 2.45) is 0 Å². The number of carbonyl (C=O) groups is 2. The first-order valence-corrected chi connectivity index (χ1v) is 10.4. The Bertz CT molecular complexity index is 828. The Hall–Kier alpha value is -2.35. The van der Waals surface area contributed by atoms with Crippen LogP contribution in [0.2, 0.25) is 0 Å². The zero-order valence-corrected chi connectivity index (χ0v) is 17.2. The third kappa shape index (κ3) is 4.92. The molecule has 1 amide bonds. The molecule has 0 unspecified atom stereocenters. The highest BCUT2D eigenvalue weighted by Gasteiger charge is 2.29. The molecule has 2 atom stereocenters. The predicted molar refractivity (Wildman–Crippen MR) is 105 cm³/mol. The van der Waals surface area contributed by atoms with E-state index >= 15 is 0 Å². The van der Waals surface area contributed by atoms with Gasteiger partial charge in [0.05, 0.1) is 11.3 Å². The predicted octanol–water partition coefficient (Wildman–Crippen LogP) is 3.62. The number of hydrogen-bond acceptors (Lipinski definition) is 7. The normalized spacial score (nSPS) is 19.5. The van der Waals surface area contributed by atoms with Gasteiger partial charge in [-0.05, 0) is 52.2 Å². The minimum Gasteiger partial charge on any atom is -0.452 e. The summed E-state index contributed by atoms with van der Waals surface area (Å²) in [6, 6.07) is 5.52. The lowest BCUT2D eigenvalue weighted by Gasteiger charge is -2.38. The fourth-order valence-electron chi connectivity index (χ4n) is 3.48. The van der Waals surface area contributed by atoms with Crippen LogP contribution < -0.4 is 0 Å². The van der Waals surface area contributed by atoms with Crippen molar-refractivity contribution in [3.63, 3.8) is 0 Å². The number of ether oxygens (including phenoxy) is 1. The van der Waals surface area contributed by atoms with Crippen molar-refractivity contribution < 1.29 is 18.8 Å². The molecular weight excluding hydrogens is 378 g/mol. The second-order valence-corrected chi connectivity index (χ2v) is 8.04. The van der Waals surface area contributed by atoms with E-state index in [-0.39, 0.29) is 24.6 Å². The van der Waals surface area contributed by atoms with Gasteiger partial charge in [0.1, 0.15) is 10.8 Å². The van der Waals surface area contributed by atoms with Crippen molar-refractivity contribution >= 4 is 23.6 Å². The maximum absolute atomic E-state index is 12.6. The summed E-state index contributed by atoms with van der Waals surface area (Å²) in [7, 11) is 0. The number of amides is 1. The SMILES string of the molecule is Cc1cc(CSc2ncccc2C(=O)OCC(=O)N2[C@@H](C)CCC[C@@H]2C)no1. The number of pyridine rings is 1. The van der Waals surface area contributed by atoms with Crippen molar-refractivity contribution in [1.29, 1.82) is 0 Å². The number of nitrogens with zero attached hydrogens (tertiary/aromatic N) is 3. The Morgan fingerprint density at radius 2 is 2.07 bits per heavy atom. The van der Waals surface area contributed by atoms with E-state index in [1.165, 1.54) is 11.8 Å². The standard InChI is InChI=1S/C20H25N3O4S/c1-13-6-4-7-14(2)23(13)18(24)11-26-20(25)17-8-5-9-21-19(17)28-12-16-10-15(3)27-22-16/h5,8-10,13-14H,4,6-7,11-12H2,1-3H3/t13-,14-/m0/s1. The number of piperidine rings is 1. The van der Waals surface area contributed by atoms with Gasteiger partial charge in [0.2, 0.25) is 0 Å². The molecule has 0 bridgehead atoms. The molecule has 1 aliphatic heterocycles. The third-order valence-electron chi connectivity index (χ3n) is 4.83. The Labute approximate surface area is 168 Å². The minimum absolute atomic E-state index is 0.149. The number of hydrogen-bond donors (Lipinski definition) is 0. The van der Waals surface area contributed by atoms with Crippen LogP contribution in [0.4, 0.5) is 0 Å². The monoisotopic (exact) mass is 403 g/mol. The Morgan fingerprint density at radius 1 is 1.32 bits per heavy atom. The zero-order valence-electron chi connectivity index (χ0n) is 16.4. The van der Waals surface area contributed by atoms with E-state index in [2.05, 4.69) is 10.1 Å². The molecule has 1 fully saturated rings. The molecule has 0 radical (unpaired) electrons. The lowest BCUT2D eigenvalue weighted by molar-refractivity contribution is -0.140. The van der Waals surface area contributed by atoms with Gasteiger partial charge in [0, 0.05) is 30.1 Å². The van der Waals surface area contributed by atoms with Crippen molar-refractivity contribution in [3.8, 4) is 0 Å². The van der Waals surface area contributed by atoms with Gasteiger partial charge in [0.25, 0.3) is 5.91 Å². The number of thioether (sulfide) groups is 1. The van der Waals surface area contributed by atoms with Gasteiger partial charge in [0.15, 0.2) is 6.61 Å². The Morgan fingerprint density at radius 3 is 2.75 bits per heavy atom. The number of aromatic nitrogens is 2. The fourth-order valence-corrected chi connectivity index (χ4v) is 4.34. The molecule has 0 spiro atoms. The molecule has 2 aromatic heterocycles. The molecule has 28 heavy (non-hydrogen) atoms. The maximum Gasteiger partial charge on any atom is 0.341 e. The van der Waals surface area contributed by atoms with Crippen LogP contribution >= 0.6 is 11.8 Å². The topological polar surface area (TPSA) is 85.5 Å². The third-order valence-corrected chi connectivity index (χ3v) is 5.87. The highest BCUT2D eigenvalue weighted by atomic mass is 32.2. The first kappa shape index (κ1) is 20.4. The first-order valence-electron chi connectivity index (χ1n) is 9.44. The fraction of sp³-hybridized carbons (Fsp3) is 0.500. The smallest absolute Gasteiger partial charge is 0.341 e. The number of esters is 1. The lowest BCUT2D eigenvalue weighted by atomic mass is 9.97. The Kier molecular flexibility index (Phi) is 6.72. The van der Waals surface area contributed by atoms with Crippen molar-refractivity contribution in [2.45, 2.75) is 62.9 Å². The van der Waals surface area contributed by atoms with Crippen LogP contribution in [0.1, 0.15) is 54.9 Å². The number of likely N-dealkylation sites (tertiary alicyclic amines) is 1. The molecule has 2 aromatic rings. The molecule has 3 heterocycles. The van der Waals surface area contributed by atoms with E-state index in [1.807, 2.05) is 31.7 Å². The van der Waals surface area contributed by atoms with Crippen molar-refractivity contribution in [3.05, 3.63) is 41.4 Å². The molecule has 1 aliphatic rings. The van der Waals surface area contributed by atoms with Gasteiger partial charge in [-0.3, -0.25) is 4.79 Å². The van der Waals surface area contributed by atoms with E-state index in [0.29, 0.717) is 16.3 Å². The Balaban J connectivity index is 1.60. The molecule has 0 aliphatic carbocycles. The van der Waals surface area contributed by atoms with Gasteiger partial charge >= 0.3 is 5.97 Å². The number of aryl methyl sites for hydroxylation is 1. The molecule has 8 heteroatoms. The van der Waals surface area contributed by atoms with Crippen LogP contribution in [0.5, 0.6) is 0 Å².